The van der Waals surface area contributed by atoms with Gasteiger partial charge in [0.25, 0.3) is 0 Å². The molecule has 0 heterocycles. The summed E-state index contributed by atoms with van der Waals surface area (Å²) < 4.78 is 12.3. The average molecular weight is 201 g/mol. The van der Waals surface area contributed by atoms with E-state index in [9.17, 15) is 9.18 Å². The molecule has 0 spiro atoms. The standard InChI is InChI=1S/C10H10ClFO/c1-7(13)5-8-3-2-4-9(6-12)10(8)11/h2-4H,5-6H2,1H3. The Hall–Kier alpha value is -0.890. The number of hydrogen-bond donors (Lipinski definition) is 0. The molecule has 0 radical (unpaired) electrons. The summed E-state index contributed by atoms with van der Waals surface area (Å²) in [6.07, 6.45) is 0.271. The van der Waals surface area contributed by atoms with Crippen molar-refractivity contribution in [2.24, 2.45) is 0 Å². The molecule has 0 bridgehead atoms. The Kier molecular flexibility index (Phi) is 3.43. The van der Waals surface area contributed by atoms with E-state index in [2.05, 4.69) is 0 Å². The van der Waals surface area contributed by atoms with Gasteiger partial charge >= 0.3 is 0 Å². The minimum Gasteiger partial charge on any atom is -0.300 e. The lowest BCUT2D eigenvalue weighted by Crippen LogP contribution is -1.98. The fourth-order valence-corrected chi connectivity index (χ4v) is 1.38. The SMILES string of the molecule is CC(=O)Cc1cccc(CF)c1Cl. The third kappa shape index (κ3) is 2.52. The van der Waals surface area contributed by atoms with Gasteiger partial charge in [0.15, 0.2) is 0 Å². The molecule has 0 aliphatic heterocycles. The minimum atomic E-state index is -0.593. The number of carbonyl (C=O) groups excluding carboxylic acids is 1. The fourth-order valence-electron chi connectivity index (χ4n) is 1.14. The highest BCUT2D eigenvalue weighted by molar-refractivity contribution is 6.32. The maximum Gasteiger partial charge on any atom is 0.134 e. The summed E-state index contributed by atoms with van der Waals surface area (Å²) in [5, 5.41) is 0.375. The largest absolute Gasteiger partial charge is 0.300 e. The second-order valence-electron chi connectivity index (χ2n) is 2.90. The molecule has 0 amide bonds. The van der Waals surface area contributed by atoms with Gasteiger partial charge in [0.05, 0.1) is 5.02 Å². The summed E-state index contributed by atoms with van der Waals surface area (Å²) >= 11 is 5.86. The van der Waals surface area contributed by atoms with E-state index >= 15 is 0 Å². The van der Waals surface area contributed by atoms with Crippen LogP contribution in [0.4, 0.5) is 4.39 Å². The molecule has 0 atom stereocenters. The molecule has 1 rings (SSSR count). The third-order valence-electron chi connectivity index (χ3n) is 1.74. The highest BCUT2D eigenvalue weighted by Gasteiger charge is 2.06. The van der Waals surface area contributed by atoms with E-state index < -0.39 is 6.67 Å². The molecule has 1 aromatic rings. The number of hydrogen-bond acceptors (Lipinski definition) is 1. The van der Waals surface area contributed by atoms with E-state index in [1.807, 2.05) is 0 Å². The molecule has 70 valence electrons. The minimum absolute atomic E-state index is 0.0258. The number of benzene rings is 1. The number of Topliss-reactive ketones (excluding diaryl/α,β-unsaturated/α-hetero) is 1. The number of rotatable bonds is 3. The van der Waals surface area contributed by atoms with Crippen molar-refractivity contribution in [3.05, 3.63) is 34.3 Å². The van der Waals surface area contributed by atoms with Crippen molar-refractivity contribution in [2.75, 3.05) is 0 Å². The lowest BCUT2D eigenvalue weighted by atomic mass is 10.1. The quantitative estimate of drug-likeness (QED) is 0.733. The topological polar surface area (TPSA) is 17.1 Å². The lowest BCUT2D eigenvalue weighted by molar-refractivity contribution is -0.116. The van der Waals surface area contributed by atoms with Gasteiger partial charge in [0.2, 0.25) is 0 Å². The smallest absolute Gasteiger partial charge is 0.134 e. The van der Waals surface area contributed by atoms with Crippen LogP contribution in [0.5, 0.6) is 0 Å². The predicted molar refractivity (Wildman–Crippen MR) is 50.6 cm³/mol. The first kappa shape index (κ1) is 10.2. The number of carbonyl (C=O) groups is 1. The molecule has 13 heavy (non-hydrogen) atoms. The molecule has 0 unspecified atom stereocenters. The maximum absolute atomic E-state index is 12.3. The molecule has 0 aromatic heterocycles. The zero-order valence-corrected chi connectivity index (χ0v) is 8.07. The van der Waals surface area contributed by atoms with Crippen molar-refractivity contribution in [1.82, 2.24) is 0 Å². The van der Waals surface area contributed by atoms with Gasteiger partial charge in [-0.05, 0) is 12.5 Å². The highest BCUT2D eigenvalue weighted by atomic mass is 35.5. The number of alkyl halides is 1. The van der Waals surface area contributed by atoms with Crippen molar-refractivity contribution in [3.8, 4) is 0 Å². The van der Waals surface area contributed by atoms with E-state index in [0.717, 1.165) is 0 Å². The summed E-state index contributed by atoms with van der Waals surface area (Å²) in [7, 11) is 0. The number of halogens is 2. The van der Waals surface area contributed by atoms with Crippen LogP contribution in [-0.2, 0) is 17.9 Å². The molecule has 0 aliphatic rings. The summed E-state index contributed by atoms with van der Waals surface area (Å²) in [5.74, 6) is 0.0258. The monoisotopic (exact) mass is 200 g/mol. The first-order valence-electron chi connectivity index (χ1n) is 3.97. The Balaban J connectivity index is 3.01. The van der Waals surface area contributed by atoms with Gasteiger partial charge < -0.3 is 0 Å². The van der Waals surface area contributed by atoms with E-state index in [-0.39, 0.29) is 12.2 Å². The molecular weight excluding hydrogens is 191 g/mol. The van der Waals surface area contributed by atoms with Gasteiger partial charge in [-0.25, -0.2) is 4.39 Å². The maximum atomic E-state index is 12.3. The lowest BCUT2D eigenvalue weighted by Gasteiger charge is -2.04. The van der Waals surface area contributed by atoms with Crippen molar-refractivity contribution < 1.29 is 9.18 Å². The molecule has 0 fully saturated rings. The zero-order chi connectivity index (χ0) is 9.84. The molecule has 1 nitrogen and oxygen atoms in total. The van der Waals surface area contributed by atoms with Crippen molar-refractivity contribution in [3.63, 3.8) is 0 Å². The molecule has 0 saturated carbocycles. The normalized spacial score (nSPS) is 10.1. The van der Waals surface area contributed by atoms with Crippen molar-refractivity contribution in [2.45, 2.75) is 20.0 Å². The highest BCUT2D eigenvalue weighted by Crippen LogP contribution is 2.22. The average Bonchev–Trinajstić information content (AvgIpc) is 2.08. The van der Waals surface area contributed by atoms with Crippen LogP contribution in [0.3, 0.4) is 0 Å². The molecule has 3 heteroatoms. The van der Waals surface area contributed by atoms with Crippen LogP contribution in [0.1, 0.15) is 18.1 Å². The van der Waals surface area contributed by atoms with Crippen LogP contribution in [0.2, 0.25) is 5.02 Å². The second-order valence-corrected chi connectivity index (χ2v) is 3.28. The van der Waals surface area contributed by atoms with Gasteiger partial charge in [-0.3, -0.25) is 4.79 Å². The molecular formula is C10H10ClFO. The Labute approximate surface area is 81.5 Å². The van der Waals surface area contributed by atoms with Crippen LogP contribution in [0, 0.1) is 0 Å². The van der Waals surface area contributed by atoms with Gasteiger partial charge in [-0.2, -0.15) is 0 Å². The van der Waals surface area contributed by atoms with Crippen molar-refractivity contribution >= 4 is 17.4 Å². The Morgan fingerprint density at radius 1 is 1.46 bits per heavy atom. The predicted octanol–water partition coefficient (Wildman–Crippen LogP) is 2.94. The Morgan fingerprint density at radius 3 is 2.62 bits per heavy atom. The van der Waals surface area contributed by atoms with E-state index in [0.29, 0.717) is 16.1 Å². The third-order valence-corrected chi connectivity index (χ3v) is 2.23. The number of ketones is 1. The van der Waals surface area contributed by atoms with Crippen LogP contribution >= 0.6 is 11.6 Å². The summed E-state index contributed by atoms with van der Waals surface area (Å²) in [5.41, 5.74) is 1.14. The van der Waals surface area contributed by atoms with Crippen LogP contribution in [-0.4, -0.2) is 5.78 Å². The van der Waals surface area contributed by atoms with Gasteiger partial charge in [0, 0.05) is 12.0 Å². The van der Waals surface area contributed by atoms with Crippen LogP contribution < -0.4 is 0 Å². The zero-order valence-electron chi connectivity index (χ0n) is 7.31. The van der Waals surface area contributed by atoms with Gasteiger partial charge in [0.1, 0.15) is 12.5 Å². The van der Waals surface area contributed by atoms with E-state index in [1.54, 1.807) is 18.2 Å². The van der Waals surface area contributed by atoms with E-state index in [1.165, 1.54) is 6.92 Å². The van der Waals surface area contributed by atoms with Crippen LogP contribution in [0.15, 0.2) is 18.2 Å². The Morgan fingerprint density at radius 2 is 2.08 bits per heavy atom. The first-order chi connectivity index (χ1) is 6.15. The fraction of sp³-hybridized carbons (Fsp3) is 0.300. The summed E-state index contributed by atoms with van der Waals surface area (Å²) in [6, 6.07) is 5.06. The van der Waals surface area contributed by atoms with E-state index in [4.69, 9.17) is 11.6 Å². The van der Waals surface area contributed by atoms with Crippen LogP contribution in [0.25, 0.3) is 0 Å². The first-order valence-corrected chi connectivity index (χ1v) is 4.34. The molecule has 0 aliphatic carbocycles. The van der Waals surface area contributed by atoms with Gasteiger partial charge in [-0.1, -0.05) is 29.8 Å². The molecule has 0 N–H and O–H groups in total. The molecule has 1 aromatic carbocycles. The van der Waals surface area contributed by atoms with Crippen molar-refractivity contribution in [1.29, 1.82) is 0 Å². The second kappa shape index (κ2) is 4.38. The molecule has 0 saturated heterocycles. The van der Waals surface area contributed by atoms with Gasteiger partial charge in [-0.15, -0.1) is 0 Å². The summed E-state index contributed by atoms with van der Waals surface area (Å²) in [6.45, 7) is 0.892. The Bertz CT molecular complexity index is 323. The summed E-state index contributed by atoms with van der Waals surface area (Å²) in [4.78, 5) is 10.8.